The summed E-state index contributed by atoms with van der Waals surface area (Å²) in [5.41, 5.74) is 1.41. The smallest absolute Gasteiger partial charge is 0.241 e. The van der Waals surface area contributed by atoms with Crippen LogP contribution in [-0.4, -0.2) is 27.1 Å². The molecule has 0 aliphatic heterocycles. The normalized spacial score (nSPS) is 11.5. The van der Waals surface area contributed by atoms with Gasteiger partial charge in [0.05, 0.1) is 24.8 Å². The lowest BCUT2D eigenvalue weighted by molar-refractivity contribution is -0.119. The fourth-order valence-corrected chi connectivity index (χ4v) is 3.24. The van der Waals surface area contributed by atoms with Crippen LogP contribution in [0.5, 0.6) is 0 Å². The molecule has 0 atom stereocenters. The molecule has 0 saturated carbocycles. The van der Waals surface area contributed by atoms with Crippen LogP contribution >= 0.6 is 0 Å². The van der Waals surface area contributed by atoms with Crippen LogP contribution < -0.4 is 9.62 Å². The van der Waals surface area contributed by atoms with E-state index in [4.69, 9.17) is 4.42 Å². The molecule has 1 heterocycles. The monoisotopic (exact) mass is 350 g/mol. The number of sulfonamides is 1. The minimum atomic E-state index is -3.59. The summed E-state index contributed by atoms with van der Waals surface area (Å²) in [6.07, 6.45) is 2.62. The first kappa shape index (κ1) is 18.1. The zero-order chi connectivity index (χ0) is 17.7. The van der Waals surface area contributed by atoms with Gasteiger partial charge in [0.15, 0.2) is 0 Å². The summed E-state index contributed by atoms with van der Waals surface area (Å²) in [5.74, 6) is 0.351. The molecule has 0 aliphatic rings. The van der Waals surface area contributed by atoms with Gasteiger partial charge < -0.3 is 9.73 Å². The lowest BCUT2D eigenvalue weighted by Crippen LogP contribution is -2.40. The minimum absolute atomic E-state index is 0.136. The fraction of sp³-hybridized carbons (Fsp3) is 0.353. The lowest BCUT2D eigenvalue weighted by Gasteiger charge is -2.25. The zero-order valence-electron chi connectivity index (χ0n) is 14.0. The van der Waals surface area contributed by atoms with Gasteiger partial charge in [0.2, 0.25) is 15.9 Å². The van der Waals surface area contributed by atoms with Gasteiger partial charge in [0.1, 0.15) is 12.3 Å². The highest BCUT2D eigenvalue weighted by molar-refractivity contribution is 7.92. The Morgan fingerprint density at radius 3 is 2.50 bits per heavy atom. The molecule has 130 valence electrons. The number of amides is 1. The Labute approximate surface area is 142 Å². The number of furan rings is 1. The summed E-state index contributed by atoms with van der Waals surface area (Å²) in [6.45, 7) is 3.91. The van der Waals surface area contributed by atoms with Crippen LogP contribution in [-0.2, 0) is 21.4 Å². The van der Waals surface area contributed by atoms with Crippen molar-refractivity contribution in [2.45, 2.75) is 26.3 Å². The molecule has 1 N–H and O–H groups in total. The maximum absolute atomic E-state index is 12.2. The Hall–Kier alpha value is -2.28. The van der Waals surface area contributed by atoms with Crippen molar-refractivity contribution in [3.8, 4) is 0 Å². The molecule has 0 radical (unpaired) electrons. The van der Waals surface area contributed by atoms with Crippen molar-refractivity contribution >= 4 is 21.6 Å². The van der Waals surface area contributed by atoms with Crippen molar-refractivity contribution in [1.29, 1.82) is 0 Å². The maximum Gasteiger partial charge on any atom is 0.241 e. The van der Waals surface area contributed by atoms with Gasteiger partial charge in [0.25, 0.3) is 0 Å². The quantitative estimate of drug-likeness (QED) is 0.832. The number of benzene rings is 1. The molecule has 0 fully saturated rings. The van der Waals surface area contributed by atoms with E-state index < -0.39 is 15.9 Å². The molecule has 1 aromatic carbocycles. The third-order valence-electron chi connectivity index (χ3n) is 3.55. The molecule has 24 heavy (non-hydrogen) atoms. The molecule has 2 aromatic rings. The molecule has 0 bridgehead atoms. The number of anilines is 1. The molecule has 1 amide bonds. The van der Waals surface area contributed by atoms with Gasteiger partial charge in [-0.15, -0.1) is 0 Å². The van der Waals surface area contributed by atoms with Crippen molar-refractivity contribution in [2.24, 2.45) is 0 Å². The van der Waals surface area contributed by atoms with E-state index in [1.807, 2.05) is 26.0 Å². The first-order chi connectivity index (χ1) is 11.3. The van der Waals surface area contributed by atoms with Crippen molar-refractivity contribution < 1.29 is 17.6 Å². The summed E-state index contributed by atoms with van der Waals surface area (Å²) in [6, 6.07) is 10.7. The van der Waals surface area contributed by atoms with Crippen LogP contribution in [0.4, 0.5) is 5.69 Å². The fourth-order valence-electron chi connectivity index (χ4n) is 2.37. The Bertz CT molecular complexity index is 783. The van der Waals surface area contributed by atoms with Gasteiger partial charge >= 0.3 is 0 Å². The van der Waals surface area contributed by atoms with Crippen LogP contribution in [0.15, 0.2) is 47.1 Å². The molecule has 6 nitrogen and oxygen atoms in total. The molecular weight excluding hydrogens is 328 g/mol. The number of para-hydroxylation sites is 1. The number of carbonyl (C=O) groups excluding carboxylic acids is 1. The number of hydrogen-bond donors (Lipinski definition) is 1. The predicted octanol–water partition coefficient (Wildman–Crippen LogP) is 2.49. The van der Waals surface area contributed by atoms with Gasteiger partial charge in [-0.2, -0.15) is 0 Å². The van der Waals surface area contributed by atoms with Crippen LogP contribution in [0.1, 0.15) is 31.1 Å². The van der Waals surface area contributed by atoms with Crippen molar-refractivity contribution in [3.05, 3.63) is 54.0 Å². The second-order valence-electron chi connectivity index (χ2n) is 5.84. The van der Waals surface area contributed by atoms with Gasteiger partial charge in [0, 0.05) is 0 Å². The zero-order valence-corrected chi connectivity index (χ0v) is 14.8. The van der Waals surface area contributed by atoms with E-state index in [-0.39, 0.29) is 19.0 Å². The van der Waals surface area contributed by atoms with E-state index in [2.05, 4.69) is 5.32 Å². The lowest BCUT2D eigenvalue weighted by atomic mass is 10.0. The Kier molecular flexibility index (Phi) is 5.66. The summed E-state index contributed by atoms with van der Waals surface area (Å²) >= 11 is 0. The standard InChI is InChI=1S/C17H22N2O4S/c1-13(2)15-8-4-5-9-16(15)19(24(3,21)22)12-17(20)18-11-14-7-6-10-23-14/h4-10,13H,11-12H2,1-3H3,(H,18,20). The molecule has 0 unspecified atom stereocenters. The van der Waals surface area contributed by atoms with Crippen molar-refractivity contribution in [1.82, 2.24) is 5.32 Å². The van der Waals surface area contributed by atoms with E-state index >= 15 is 0 Å². The van der Waals surface area contributed by atoms with Gasteiger partial charge in [-0.05, 0) is 29.7 Å². The minimum Gasteiger partial charge on any atom is -0.467 e. The molecule has 0 aliphatic carbocycles. The van der Waals surface area contributed by atoms with E-state index in [1.165, 1.54) is 6.26 Å². The highest BCUT2D eigenvalue weighted by atomic mass is 32.2. The molecule has 0 saturated heterocycles. The summed E-state index contributed by atoms with van der Waals surface area (Å²) in [7, 11) is -3.59. The summed E-state index contributed by atoms with van der Waals surface area (Å²) < 4.78 is 30.7. The second kappa shape index (κ2) is 7.53. The number of hydrogen-bond acceptors (Lipinski definition) is 4. The third-order valence-corrected chi connectivity index (χ3v) is 4.68. The number of nitrogens with zero attached hydrogens (tertiary/aromatic N) is 1. The van der Waals surface area contributed by atoms with E-state index in [0.717, 1.165) is 16.1 Å². The number of carbonyl (C=O) groups is 1. The first-order valence-electron chi connectivity index (χ1n) is 7.64. The van der Waals surface area contributed by atoms with Crippen LogP contribution in [0.2, 0.25) is 0 Å². The highest BCUT2D eigenvalue weighted by Gasteiger charge is 2.23. The van der Waals surface area contributed by atoms with E-state index in [0.29, 0.717) is 11.4 Å². The highest BCUT2D eigenvalue weighted by Crippen LogP contribution is 2.28. The largest absolute Gasteiger partial charge is 0.467 e. The Balaban J connectivity index is 2.19. The average molecular weight is 350 g/mol. The van der Waals surface area contributed by atoms with Crippen LogP contribution in [0.3, 0.4) is 0 Å². The van der Waals surface area contributed by atoms with E-state index in [1.54, 1.807) is 24.3 Å². The van der Waals surface area contributed by atoms with Crippen molar-refractivity contribution in [2.75, 3.05) is 17.1 Å². The van der Waals surface area contributed by atoms with E-state index in [9.17, 15) is 13.2 Å². The van der Waals surface area contributed by atoms with Gasteiger partial charge in [-0.3, -0.25) is 9.10 Å². The number of rotatable bonds is 7. The Morgan fingerprint density at radius 2 is 1.92 bits per heavy atom. The number of nitrogens with one attached hydrogen (secondary N) is 1. The summed E-state index contributed by atoms with van der Waals surface area (Å²) in [5, 5.41) is 2.67. The average Bonchev–Trinajstić information content (AvgIpc) is 3.03. The molecule has 0 spiro atoms. The van der Waals surface area contributed by atoms with Gasteiger partial charge in [-0.1, -0.05) is 32.0 Å². The maximum atomic E-state index is 12.2. The van der Waals surface area contributed by atoms with Crippen LogP contribution in [0.25, 0.3) is 0 Å². The van der Waals surface area contributed by atoms with Crippen molar-refractivity contribution in [3.63, 3.8) is 0 Å². The first-order valence-corrected chi connectivity index (χ1v) is 9.49. The molecule has 2 rings (SSSR count). The summed E-state index contributed by atoms with van der Waals surface area (Å²) in [4.78, 5) is 12.2. The molecular formula is C17H22N2O4S. The SMILES string of the molecule is CC(C)c1ccccc1N(CC(=O)NCc1ccco1)S(C)(=O)=O. The molecule has 1 aromatic heterocycles. The third kappa shape index (κ3) is 4.61. The molecule has 7 heteroatoms. The Morgan fingerprint density at radius 1 is 1.21 bits per heavy atom. The van der Waals surface area contributed by atoms with Gasteiger partial charge in [-0.25, -0.2) is 8.42 Å². The topological polar surface area (TPSA) is 79.6 Å². The second-order valence-corrected chi connectivity index (χ2v) is 7.75. The van der Waals surface area contributed by atoms with Crippen LogP contribution in [0, 0.1) is 0 Å². The predicted molar refractivity (Wildman–Crippen MR) is 93.3 cm³/mol.